The van der Waals surface area contributed by atoms with Crippen molar-refractivity contribution < 1.29 is 4.79 Å². The Morgan fingerprint density at radius 2 is 1.93 bits per heavy atom. The summed E-state index contributed by atoms with van der Waals surface area (Å²) in [5.41, 5.74) is 5.19. The van der Waals surface area contributed by atoms with E-state index in [1.165, 1.54) is 11.3 Å². The lowest BCUT2D eigenvalue weighted by Gasteiger charge is -2.27. The van der Waals surface area contributed by atoms with Crippen molar-refractivity contribution in [3.05, 3.63) is 83.2 Å². The Kier molecular flexibility index (Phi) is 5.71. The number of aryl methyl sites for hydroxylation is 2. The SMILES string of the molecule is CN(C)Cc1ccc(C(=O)N2CCc3c(ncn3CCc3ccccc3)C2)cn1. The molecule has 0 aliphatic carbocycles. The van der Waals surface area contributed by atoms with E-state index in [-0.39, 0.29) is 5.91 Å². The lowest BCUT2D eigenvalue weighted by atomic mass is 10.1. The van der Waals surface area contributed by atoms with Gasteiger partial charge in [0.15, 0.2) is 0 Å². The Morgan fingerprint density at radius 1 is 1.10 bits per heavy atom. The predicted octanol–water partition coefficient (Wildman–Crippen LogP) is 2.78. The summed E-state index contributed by atoms with van der Waals surface area (Å²) < 4.78 is 2.24. The molecule has 1 aliphatic heterocycles. The van der Waals surface area contributed by atoms with Gasteiger partial charge in [-0.05, 0) is 38.2 Å². The number of benzene rings is 1. The Bertz CT molecular complexity index is 963. The van der Waals surface area contributed by atoms with Gasteiger partial charge in [-0.3, -0.25) is 9.78 Å². The quantitative estimate of drug-likeness (QED) is 0.651. The summed E-state index contributed by atoms with van der Waals surface area (Å²) in [5, 5.41) is 0. The van der Waals surface area contributed by atoms with Crippen molar-refractivity contribution in [3.63, 3.8) is 0 Å². The maximum Gasteiger partial charge on any atom is 0.255 e. The van der Waals surface area contributed by atoms with Crippen LogP contribution >= 0.6 is 0 Å². The largest absolute Gasteiger partial charge is 0.334 e. The fraction of sp³-hybridized carbons (Fsp3) is 0.348. The molecule has 0 fully saturated rings. The minimum atomic E-state index is 0.0263. The van der Waals surface area contributed by atoms with Crippen LogP contribution in [0.5, 0.6) is 0 Å². The third-order valence-electron chi connectivity index (χ3n) is 5.31. The van der Waals surface area contributed by atoms with E-state index >= 15 is 0 Å². The van der Waals surface area contributed by atoms with E-state index in [0.717, 1.165) is 37.3 Å². The second-order valence-electron chi connectivity index (χ2n) is 7.82. The van der Waals surface area contributed by atoms with Gasteiger partial charge in [0.1, 0.15) is 0 Å². The van der Waals surface area contributed by atoms with E-state index in [2.05, 4.69) is 43.7 Å². The number of aromatic nitrogens is 3. The highest BCUT2D eigenvalue weighted by atomic mass is 16.2. The summed E-state index contributed by atoms with van der Waals surface area (Å²) in [4.78, 5) is 25.9. The molecule has 150 valence electrons. The van der Waals surface area contributed by atoms with Crippen molar-refractivity contribution >= 4 is 5.91 Å². The average Bonchev–Trinajstić information content (AvgIpc) is 3.15. The van der Waals surface area contributed by atoms with Gasteiger partial charge in [0, 0.05) is 37.9 Å². The zero-order valence-corrected chi connectivity index (χ0v) is 17.1. The van der Waals surface area contributed by atoms with E-state index in [0.29, 0.717) is 18.7 Å². The number of hydrogen-bond acceptors (Lipinski definition) is 4. The summed E-state index contributed by atoms with van der Waals surface area (Å²) in [5.74, 6) is 0.0263. The summed E-state index contributed by atoms with van der Waals surface area (Å²) >= 11 is 0. The number of rotatable bonds is 6. The predicted molar refractivity (Wildman–Crippen MR) is 112 cm³/mol. The second-order valence-corrected chi connectivity index (χ2v) is 7.82. The maximum absolute atomic E-state index is 12.9. The smallest absolute Gasteiger partial charge is 0.255 e. The molecule has 2 aromatic heterocycles. The van der Waals surface area contributed by atoms with E-state index in [1.54, 1.807) is 6.20 Å². The van der Waals surface area contributed by atoms with Crippen LogP contribution in [0.3, 0.4) is 0 Å². The number of pyridine rings is 1. The van der Waals surface area contributed by atoms with Gasteiger partial charge in [-0.1, -0.05) is 30.3 Å². The first-order valence-corrected chi connectivity index (χ1v) is 10.1. The normalized spacial score (nSPS) is 13.6. The Hall–Kier alpha value is -2.99. The van der Waals surface area contributed by atoms with Crippen molar-refractivity contribution in [2.75, 3.05) is 20.6 Å². The fourth-order valence-electron chi connectivity index (χ4n) is 3.78. The highest BCUT2D eigenvalue weighted by Crippen LogP contribution is 2.20. The first kappa shape index (κ1) is 19.3. The number of amides is 1. The molecule has 0 N–H and O–H groups in total. The van der Waals surface area contributed by atoms with Crippen LogP contribution in [0.2, 0.25) is 0 Å². The van der Waals surface area contributed by atoms with E-state index in [4.69, 9.17) is 0 Å². The number of hydrogen-bond donors (Lipinski definition) is 0. The topological polar surface area (TPSA) is 54.3 Å². The summed E-state index contributed by atoms with van der Waals surface area (Å²) in [6.07, 6.45) is 5.42. The molecule has 0 saturated heterocycles. The minimum Gasteiger partial charge on any atom is -0.334 e. The first-order chi connectivity index (χ1) is 14.1. The van der Waals surface area contributed by atoms with Crippen LogP contribution in [0.15, 0.2) is 55.0 Å². The standard InChI is InChI=1S/C23H27N5O/c1-26(2)15-20-9-8-19(14-24-20)23(29)27-13-11-22-21(16-27)25-17-28(22)12-10-18-6-4-3-5-7-18/h3-9,14,17H,10-13,15-16H2,1-2H3. The molecule has 6 nitrogen and oxygen atoms in total. The monoisotopic (exact) mass is 389 g/mol. The second kappa shape index (κ2) is 8.57. The number of carbonyl (C=O) groups is 1. The molecule has 0 bridgehead atoms. The molecule has 0 unspecified atom stereocenters. The number of carbonyl (C=O) groups excluding carboxylic acids is 1. The van der Waals surface area contributed by atoms with E-state index in [9.17, 15) is 4.79 Å². The molecule has 0 radical (unpaired) electrons. The molecule has 3 heterocycles. The molecular formula is C23H27N5O. The Morgan fingerprint density at radius 3 is 2.66 bits per heavy atom. The Labute approximate surface area is 171 Å². The van der Waals surface area contributed by atoms with Gasteiger partial charge in [0.25, 0.3) is 5.91 Å². The van der Waals surface area contributed by atoms with Crippen molar-refractivity contribution in [1.29, 1.82) is 0 Å². The van der Waals surface area contributed by atoms with E-state index in [1.807, 2.05) is 43.5 Å². The number of fused-ring (bicyclic) bond motifs is 1. The summed E-state index contributed by atoms with van der Waals surface area (Å²) in [6, 6.07) is 14.3. The molecule has 3 aromatic rings. The van der Waals surface area contributed by atoms with Crippen LogP contribution in [0.1, 0.15) is 33.0 Å². The molecule has 0 spiro atoms. The Balaban J connectivity index is 1.40. The molecule has 1 aromatic carbocycles. The average molecular weight is 390 g/mol. The van der Waals surface area contributed by atoms with Crippen LogP contribution in [-0.4, -0.2) is 50.9 Å². The van der Waals surface area contributed by atoms with Crippen LogP contribution in [0.4, 0.5) is 0 Å². The molecule has 0 saturated carbocycles. The van der Waals surface area contributed by atoms with Crippen LogP contribution in [-0.2, 0) is 32.5 Å². The molecule has 1 amide bonds. The van der Waals surface area contributed by atoms with Gasteiger partial charge in [0.2, 0.25) is 0 Å². The molecule has 0 atom stereocenters. The number of imidazole rings is 1. The molecule has 29 heavy (non-hydrogen) atoms. The van der Waals surface area contributed by atoms with Crippen LogP contribution in [0, 0.1) is 0 Å². The summed E-state index contributed by atoms with van der Waals surface area (Å²) in [7, 11) is 4.01. The first-order valence-electron chi connectivity index (χ1n) is 10.1. The zero-order valence-electron chi connectivity index (χ0n) is 17.1. The van der Waals surface area contributed by atoms with Crippen molar-refractivity contribution in [2.24, 2.45) is 0 Å². The van der Waals surface area contributed by atoms with Gasteiger partial charge in [-0.15, -0.1) is 0 Å². The molecular weight excluding hydrogens is 362 g/mol. The zero-order chi connectivity index (χ0) is 20.2. The summed E-state index contributed by atoms with van der Waals surface area (Å²) in [6.45, 7) is 2.95. The minimum absolute atomic E-state index is 0.0263. The highest BCUT2D eigenvalue weighted by molar-refractivity contribution is 5.94. The highest BCUT2D eigenvalue weighted by Gasteiger charge is 2.25. The van der Waals surface area contributed by atoms with Gasteiger partial charge in [-0.25, -0.2) is 4.98 Å². The van der Waals surface area contributed by atoms with E-state index < -0.39 is 0 Å². The van der Waals surface area contributed by atoms with Crippen molar-refractivity contribution in [3.8, 4) is 0 Å². The van der Waals surface area contributed by atoms with Gasteiger partial charge >= 0.3 is 0 Å². The third kappa shape index (κ3) is 4.54. The lowest BCUT2D eigenvalue weighted by Crippen LogP contribution is -2.36. The van der Waals surface area contributed by atoms with Crippen LogP contribution < -0.4 is 0 Å². The molecule has 1 aliphatic rings. The lowest BCUT2D eigenvalue weighted by molar-refractivity contribution is 0.0730. The fourth-order valence-corrected chi connectivity index (χ4v) is 3.78. The third-order valence-corrected chi connectivity index (χ3v) is 5.31. The van der Waals surface area contributed by atoms with Crippen molar-refractivity contribution in [2.45, 2.75) is 32.5 Å². The van der Waals surface area contributed by atoms with Crippen LogP contribution in [0.25, 0.3) is 0 Å². The number of nitrogens with zero attached hydrogens (tertiary/aromatic N) is 5. The van der Waals surface area contributed by atoms with Gasteiger partial charge in [0.05, 0.1) is 29.8 Å². The molecule has 6 heteroatoms. The maximum atomic E-state index is 12.9. The van der Waals surface area contributed by atoms with Crippen molar-refractivity contribution in [1.82, 2.24) is 24.3 Å². The molecule has 4 rings (SSSR count). The van der Waals surface area contributed by atoms with Gasteiger partial charge < -0.3 is 14.4 Å². The van der Waals surface area contributed by atoms with Gasteiger partial charge in [-0.2, -0.15) is 0 Å².